The largest absolute Gasteiger partial charge is 0.480 e. The number of benzene rings is 1. The van der Waals surface area contributed by atoms with Crippen molar-refractivity contribution in [3.05, 3.63) is 34.2 Å². The van der Waals surface area contributed by atoms with Gasteiger partial charge in [-0.15, -0.1) is 0 Å². The lowest BCUT2D eigenvalue weighted by Gasteiger charge is -2.22. The van der Waals surface area contributed by atoms with Gasteiger partial charge in [0.1, 0.15) is 12.6 Å². The molecule has 1 atom stereocenters. The van der Waals surface area contributed by atoms with Crippen LogP contribution in [0.4, 0.5) is 5.69 Å². The number of hydrogen-bond donors (Lipinski definition) is 3. The molecule has 166 valence electrons. The predicted molar refractivity (Wildman–Crippen MR) is 110 cm³/mol. The third-order valence-electron chi connectivity index (χ3n) is 4.78. The molecule has 0 spiro atoms. The Labute approximate surface area is 177 Å². The number of carboxylic acids is 1. The molecule has 3 rings (SSSR count). The van der Waals surface area contributed by atoms with Crippen LogP contribution in [0.1, 0.15) is 24.6 Å². The molecule has 1 aromatic heterocycles. The van der Waals surface area contributed by atoms with E-state index in [1.165, 1.54) is 0 Å². The van der Waals surface area contributed by atoms with Crippen LogP contribution in [-0.2, 0) is 23.9 Å². The number of rotatable bonds is 10. The molecule has 11 heteroatoms. The van der Waals surface area contributed by atoms with Gasteiger partial charge >= 0.3 is 5.97 Å². The van der Waals surface area contributed by atoms with E-state index in [1.807, 2.05) is 6.07 Å². The number of amides is 2. The standard InChI is InChI=1S/C20H24N4O7/c1-12-15-10-13(21-6-7-30-8-9-31-11-18(26)27)2-3-14(15)20(29)24(23-12)16-4-5-17(25)22-19(16)28/h2-3,10,16,21H,4-9,11H2,1H3,(H,26,27)(H,22,25,28). The van der Waals surface area contributed by atoms with Gasteiger partial charge in [0.05, 0.1) is 30.9 Å². The number of aromatic nitrogens is 2. The maximum Gasteiger partial charge on any atom is 0.329 e. The van der Waals surface area contributed by atoms with Gasteiger partial charge in [0, 0.05) is 24.0 Å². The third kappa shape index (κ3) is 5.64. The molecular formula is C20H24N4O7. The van der Waals surface area contributed by atoms with Crippen molar-refractivity contribution in [3.63, 3.8) is 0 Å². The number of carbonyl (C=O) groups is 3. The average Bonchev–Trinajstić information content (AvgIpc) is 2.72. The molecule has 1 fully saturated rings. The van der Waals surface area contributed by atoms with Gasteiger partial charge in [-0.05, 0) is 31.5 Å². The Bertz CT molecular complexity index is 1050. The average molecular weight is 432 g/mol. The van der Waals surface area contributed by atoms with Crippen molar-refractivity contribution in [2.75, 3.05) is 38.3 Å². The molecule has 2 amide bonds. The van der Waals surface area contributed by atoms with Crippen LogP contribution >= 0.6 is 0 Å². The lowest BCUT2D eigenvalue weighted by molar-refractivity contribution is -0.142. The van der Waals surface area contributed by atoms with Crippen LogP contribution in [0.2, 0.25) is 0 Å². The van der Waals surface area contributed by atoms with E-state index in [4.69, 9.17) is 14.6 Å². The van der Waals surface area contributed by atoms with Gasteiger partial charge in [-0.2, -0.15) is 5.10 Å². The number of ether oxygens (including phenoxy) is 2. The van der Waals surface area contributed by atoms with E-state index in [0.29, 0.717) is 29.6 Å². The zero-order valence-corrected chi connectivity index (χ0v) is 17.1. The quantitative estimate of drug-likeness (QED) is 0.354. The minimum absolute atomic E-state index is 0.165. The summed E-state index contributed by atoms with van der Waals surface area (Å²) in [4.78, 5) is 46.7. The van der Waals surface area contributed by atoms with Crippen LogP contribution < -0.4 is 16.2 Å². The molecule has 1 aromatic carbocycles. The van der Waals surface area contributed by atoms with Crippen molar-refractivity contribution < 1.29 is 29.0 Å². The highest BCUT2D eigenvalue weighted by Crippen LogP contribution is 2.21. The number of aliphatic carboxylic acids is 1. The SMILES string of the molecule is Cc1nn(C2CCC(=O)NC2=O)c(=O)c2ccc(NCCOCCOCC(=O)O)cc12. The normalized spacial score (nSPS) is 16.4. The lowest BCUT2D eigenvalue weighted by atomic mass is 10.1. The summed E-state index contributed by atoms with van der Waals surface area (Å²) in [6, 6.07) is 4.44. The van der Waals surface area contributed by atoms with Crippen LogP contribution in [0.5, 0.6) is 0 Å². The Morgan fingerprint density at radius 1 is 1.23 bits per heavy atom. The smallest absolute Gasteiger partial charge is 0.329 e. The van der Waals surface area contributed by atoms with E-state index >= 15 is 0 Å². The first-order valence-corrected chi connectivity index (χ1v) is 9.85. The van der Waals surface area contributed by atoms with Crippen molar-refractivity contribution in [2.24, 2.45) is 0 Å². The number of nitrogens with one attached hydrogen (secondary N) is 2. The van der Waals surface area contributed by atoms with Crippen molar-refractivity contribution in [2.45, 2.75) is 25.8 Å². The van der Waals surface area contributed by atoms with Crippen LogP contribution in [0.25, 0.3) is 10.8 Å². The molecule has 1 aliphatic heterocycles. The summed E-state index contributed by atoms with van der Waals surface area (Å²) >= 11 is 0. The van der Waals surface area contributed by atoms with E-state index in [-0.39, 0.29) is 44.1 Å². The molecule has 0 aliphatic carbocycles. The second kappa shape index (κ2) is 10.1. The van der Waals surface area contributed by atoms with Crippen molar-refractivity contribution in [1.29, 1.82) is 0 Å². The fourth-order valence-corrected chi connectivity index (χ4v) is 3.30. The van der Waals surface area contributed by atoms with Crippen LogP contribution in [-0.4, -0.2) is 65.6 Å². The highest BCUT2D eigenvalue weighted by atomic mass is 16.5. The second-order valence-electron chi connectivity index (χ2n) is 7.05. The van der Waals surface area contributed by atoms with Gasteiger partial charge in [-0.3, -0.25) is 19.7 Å². The molecule has 1 unspecified atom stereocenters. The Morgan fingerprint density at radius 3 is 2.74 bits per heavy atom. The maximum atomic E-state index is 12.9. The lowest BCUT2D eigenvalue weighted by Crippen LogP contribution is -2.45. The first-order valence-electron chi connectivity index (χ1n) is 9.85. The third-order valence-corrected chi connectivity index (χ3v) is 4.78. The van der Waals surface area contributed by atoms with Gasteiger partial charge in [-0.25, -0.2) is 9.48 Å². The Morgan fingerprint density at radius 2 is 2.00 bits per heavy atom. The minimum atomic E-state index is -1.02. The van der Waals surface area contributed by atoms with E-state index < -0.39 is 17.9 Å². The number of fused-ring (bicyclic) bond motifs is 1. The summed E-state index contributed by atoms with van der Waals surface area (Å²) in [5, 5.41) is 19.3. The Balaban J connectivity index is 1.62. The van der Waals surface area contributed by atoms with E-state index in [2.05, 4.69) is 15.7 Å². The zero-order valence-electron chi connectivity index (χ0n) is 17.1. The second-order valence-corrected chi connectivity index (χ2v) is 7.05. The Kier molecular flexibility index (Phi) is 7.32. The van der Waals surface area contributed by atoms with Gasteiger partial charge in [0.2, 0.25) is 5.91 Å². The fourth-order valence-electron chi connectivity index (χ4n) is 3.30. The minimum Gasteiger partial charge on any atom is -0.480 e. The molecule has 2 aromatic rings. The zero-order chi connectivity index (χ0) is 22.4. The molecular weight excluding hydrogens is 408 g/mol. The van der Waals surface area contributed by atoms with Gasteiger partial charge in [0.15, 0.2) is 0 Å². The highest BCUT2D eigenvalue weighted by Gasteiger charge is 2.30. The van der Waals surface area contributed by atoms with Crippen molar-refractivity contribution in [3.8, 4) is 0 Å². The number of imide groups is 1. The first kappa shape index (κ1) is 22.4. The summed E-state index contributed by atoms with van der Waals surface area (Å²) in [5.41, 5.74) is 0.988. The number of aryl methyl sites for hydroxylation is 1. The first-order chi connectivity index (χ1) is 14.9. The Hall–Kier alpha value is -3.31. The molecule has 2 heterocycles. The molecule has 11 nitrogen and oxygen atoms in total. The monoisotopic (exact) mass is 432 g/mol. The number of carboxylic acid groups (broad SMARTS) is 1. The molecule has 1 saturated heterocycles. The number of piperidine rings is 1. The fraction of sp³-hybridized carbons (Fsp3) is 0.450. The molecule has 0 radical (unpaired) electrons. The molecule has 0 saturated carbocycles. The summed E-state index contributed by atoms with van der Waals surface area (Å²) in [6.45, 7) is 2.79. The molecule has 0 bridgehead atoms. The van der Waals surface area contributed by atoms with Gasteiger partial charge in [-0.1, -0.05) is 0 Å². The van der Waals surface area contributed by atoms with Gasteiger partial charge in [0.25, 0.3) is 11.5 Å². The summed E-state index contributed by atoms with van der Waals surface area (Å²) in [7, 11) is 0. The van der Waals surface area contributed by atoms with E-state index in [1.54, 1.807) is 19.1 Å². The van der Waals surface area contributed by atoms with Crippen molar-refractivity contribution in [1.82, 2.24) is 15.1 Å². The number of anilines is 1. The van der Waals surface area contributed by atoms with Gasteiger partial charge < -0.3 is 19.9 Å². The topological polar surface area (TPSA) is 149 Å². The number of carbonyl (C=O) groups excluding carboxylic acids is 2. The van der Waals surface area contributed by atoms with Crippen molar-refractivity contribution >= 4 is 34.2 Å². The number of nitrogens with zero attached hydrogens (tertiary/aromatic N) is 2. The summed E-state index contributed by atoms with van der Waals surface area (Å²) in [6.07, 6.45) is 0.404. The molecule has 3 N–H and O–H groups in total. The van der Waals surface area contributed by atoms with E-state index in [0.717, 1.165) is 10.4 Å². The maximum absolute atomic E-state index is 12.9. The number of hydrogen-bond acceptors (Lipinski definition) is 8. The predicted octanol–water partition coefficient (Wildman–Crippen LogP) is 0.212. The summed E-state index contributed by atoms with van der Waals surface area (Å²) in [5.74, 6) is -1.89. The van der Waals surface area contributed by atoms with E-state index in [9.17, 15) is 19.2 Å². The van der Waals surface area contributed by atoms with Crippen LogP contribution in [0.3, 0.4) is 0 Å². The molecule has 31 heavy (non-hydrogen) atoms. The summed E-state index contributed by atoms with van der Waals surface area (Å²) < 4.78 is 11.4. The van der Waals surface area contributed by atoms with Crippen LogP contribution in [0.15, 0.2) is 23.0 Å². The molecule has 1 aliphatic rings. The van der Waals surface area contributed by atoms with Crippen LogP contribution in [0, 0.1) is 6.92 Å². The highest BCUT2D eigenvalue weighted by molar-refractivity contribution is 5.99.